The van der Waals surface area contributed by atoms with Crippen LogP contribution in [-0.2, 0) is 6.54 Å². The molecule has 1 aromatic rings. The Kier molecular flexibility index (Phi) is 4.42. The smallest absolute Gasteiger partial charge is 0.0606 e. The van der Waals surface area contributed by atoms with Gasteiger partial charge in [-0.2, -0.15) is 0 Å². The first-order valence-electron chi connectivity index (χ1n) is 6.04. The molecule has 17 heavy (non-hydrogen) atoms. The first-order valence-corrected chi connectivity index (χ1v) is 6.84. The molecule has 0 unspecified atom stereocenters. The molecule has 0 radical (unpaired) electrons. The monoisotopic (exact) mass is 298 g/mol. The van der Waals surface area contributed by atoms with E-state index in [9.17, 15) is 0 Å². The van der Waals surface area contributed by atoms with Crippen molar-refractivity contribution in [3.8, 4) is 0 Å². The summed E-state index contributed by atoms with van der Waals surface area (Å²) in [4.78, 5) is 2.04. The predicted octanol–water partition coefficient (Wildman–Crippen LogP) is 2.13. The highest BCUT2D eigenvalue weighted by Gasteiger charge is 2.20. The molecule has 0 bridgehead atoms. The maximum atomic E-state index is 8.93. The summed E-state index contributed by atoms with van der Waals surface area (Å²) in [5.41, 5.74) is 2.42. The van der Waals surface area contributed by atoms with E-state index in [2.05, 4.69) is 39.4 Å². The number of nitrogens with one attached hydrogen (secondary N) is 1. The van der Waals surface area contributed by atoms with Crippen LogP contribution >= 0.6 is 15.9 Å². The van der Waals surface area contributed by atoms with Crippen LogP contribution in [0.3, 0.4) is 0 Å². The molecule has 1 aliphatic rings. The van der Waals surface area contributed by atoms with Crippen molar-refractivity contribution in [2.45, 2.75) is 25.4 Å². The molecule has 3 nitrogen and oxygen atoms in total. The average molecular weight is 299 g/mol. The van der Waals surface area contributed by atoms with E-state index in [0.717, 1.165) is 22.7 Å². The van der Waals surface area contributed by atoms with Gasteiger partial charge in [-0.1, -0.05) is 6.07 Å². The minimum Gasteiger partial charge on any atom is -0.395 e. The predicted molar refractivity (Wildman–Crippen MR) is 74.4 cm³/mol. The highest BCUT2D eigenvalue weighted by molar-refractivity contribution is 9.10. The van der Waals surface area contributed by atoms with Gasteiger partial charge >= 0.3 is 0 Å². The third-order valence-corrected chi connectivity index (χ3v) is 3.67. The average Bonchev–Trinajstić information content (AvgIpc) is 3.10. The number of hydrogen-bond acceptors (Lipinski definition) is 3. The van der Waals surface area contributed by atoms with Crippen LogP contribution in [0.5, 0.6) is 0 Å². The maximum Gasteiger partial charge on any atom is 0.0606 e. The molecule has 0 saturated heterocycles. The first kappa shape index (κ1) is 12.9. The van der Waals surface area contributed by atoms with Crippen molar-refractivity contribution in [1.82, 2.24) is 5.32 Å². The molecular weight excluding hydrogens is 280 g/mol. The zero-order valence-electron chi connectivity index (χ0n) is 10.1. The third kappa shape index (κ3) is 3.69. The van der Waals surface area contributed by atoms with Gasteiger partial charge < -0.3 is 15.3 Å². The molecule has 4 heteroatoms. The second kappa shape index (κ2) is 5.85. The minimum absolute atomic E-state index is 0.175. The van der Waals surface area contributed by atoms with Crippen molar-refractivity contribution < 1.29 is 5.11 Å². The highest BCUT2D eigenvalue weighted by atomic mass is 79.9. The van der Waals surface area contributed by atoms with Crippen molar-refractivity contribution in [3.63, 3.8) is 0 Å². The third-order valence-electron chi connectivity index (χ3n) is 3.03. The van der Waals surface area contributed by atoms with Crippen molar-refractivity contribution in [2.75, 3.05) is 25.1 Å². The quantitative estimate of drug-likeness (QED) is 0.845. The number of likely N-dealkylation sites (N-methyl/N-ethyl adjacent to an activating group) is 1. The number of aliphatic hydroxyl groups excluding tert-OH is 1. The van der Waals surface area contributed by atoms with Crippen LogP contribution in [0.1, 0.15) is 18.4 Å². The Balaban J connectivity index is 1.99. The van der Waals surface area contributed by atoms with Crippen LogP contribution in [0.2, 0.25) is 0 Å². The number of benzene rings is 1. The molecule has 0 aliphatic heterocycles. The lowest BCUT2D eigenvalue weighted by Crippen LogP contribution is -2.21. The molecule has 0 spiro atoms. The maximum absolute atomic E-state index is 8.93. The van der Waals surface area contributed by atoms with Crippen LogP contribution < -0.4 is 10.2 Å². The van der Waals surface area contributed by atoms with Gasteiger partial charge in [0.15, 0.2) is 0 Å². The van der Waals surface area contributed by atoms with Crippen LogP contribution in [0.4, 0.5) is 5.69 Å². The lowest BCUT2D eigenvalue weighted by atomic mass is 10.2. The first-order chi connectivity index (χ1) is 8.20. The summed E-state index contributed by atoms with van der Waals surface area (Å²) < 4.78 is 1.09. The van der Waals surface area contributed by atoms with Gasteiger partial charge in [0.1, 0.15) is 0 Å². The number of rotatable bonds is 6. The zero-order chi connectivity index (χ0) is 12.3. The van der Waals surface area contributed by atoms with E-state index in [4.69, 9.17) is 5.11 Å². The molecule has 0 amide bonds. The summed E-state index contributed by atoms with van der Waals surface area (Å²) in [6.45, 7) is 1.76. The van der Waals surface area contributed by atoms with E-state index in [1.165, 1.54) is 18.4 Å². The van der Waals surface area contributed by atoms with Gasteiger partial charge in [-0.25, -0.2) is 0 Å². The second-order valence-electron chi connectivity index (χ2n) is 4.59. The topological polar surface area (TPSA) is 35.5 Å². The standard InChI is InChI=1S/C13H19BrN2O/c1-16(6-7-17)13-5-2-10(8-12(13)14)9-15-11-3-4-11/h2,5,8,11,15,17H,3-4,6-7,9H2,1H3. The Morgan fingerprint density at radius 1 is 1.47 bits per heavy atom. The van der Waals surface area contributed by atoms with Crippen LogP contribution in [0, 0.1) is 0 Å². The summed E-state index contributed by atoms with van der Waals surface area (Å²) in [6, 6.07) is 7.14. The van der Waals surface area contributed by atoms with Crippen molar-refractivity contribution in [2.24, 2.45) is 0 Å². The number of aliphatic hydroxyl groups is 1. The van der Waals surface area contributed by atoms with Gasteiger partial charge in [-0.3, -0.25) is 0 Å². The molecule has 1 saturated carbocycles. The Morgan fingerprint density at radius 3 is 2.82 bits per heavy atom. The van der Waals surface area contributed by atoms with Gasteiger partial charge in [0.2, 0.25) is 0 Å². The van der Waals surface area contributed by atoms with Gasteiger partial charge in [0, 0.05) is 30.7 Å². The summed E-state index contributed by atoms with van der Waals surface area (Å²) in [5.74, 6) is 0. The Bertz CT molecular complexity index is 380. The van der Waals surface area contributed by atoms with E-state index in [1.54, 1.807) is 0 Å². The Labute approximate surface area is 111 Å². The van der Waals surface area contributed by atoms with E-state index < -0.39 is 0 Å². The van der Waals surface area contributed by atoms with Gasteiger partial charge in [0.05, 0.1) is 12.3 Å². The van der Waals surface area contributed by atoms with E-state index in [-0.39, 0.29) is 6.61 Å². The molecule has 1 aromatic carbocycles. The lowest BCUT2D eigenvalue weighted by Gasteiger charge is -2.20. The number of nitrogens with zero attached hydrogens (tertiary/aromatic N) is 1. The lowest BCUT2D eigenvalue weighted by molar-refractivity contribution is 0.304. The van der Waals surface area contributed by atoms with Crippen LogP contribution in [-0.4, -0.2) is 31.3 Å². The van der Waals surface area contributed by atoms with Crippen LogP contribution in [0.25, 0.3) is 0 Å². The summed E-state index contributed by atoms with van der Waals surface area (Å²) >= 11 is 3.59. The molecule has 0 atom stereocenters. The SMILES string of the molecule is CN(CCO)c1ccc(CNC2CC2)cc1Br. The normalized spacial score (nSPS) is 15.0. The molecular formula is C13H19BrN2O. The highest BCUT2D eigenvalue weighted by Crippen LogP contribution is 2.27. The van der Waals surface area contributed by atoms with Crippen LogP contribution in [0.15, 0.2) is 22.7 Å². The summed E-state index contributed by atoms with van der Waals surface area (Å²) in [5, 5.41) is 12.4. The number of anilines is 1. The number of hydrogen-bond donors (Lipinski definition) is 2. The summed E-state index contributed by atoms with van der Waals surface area (Å²) in [7, 11) is 1.98. The van der Waals surface area contributed by atoms with Crippen molar-refractivity contribution in [1.29, 1.82) is 0 Å². The van der Waals surface area contributed by atoms with Crippen molar-refractivity contribution >= 4 is 21.6 Å². The van der Waals surface area contributed by atoms with Crippen molar-refractivity contribution in [3.05, 3.63) is 28.2 Å². The minimum atomic E-state index is 0.175. The largest absolute Gasteiger partial charge is 0.395 e. The zero-order valence-corrected chi connectivity index (χ0v) is 11.7. The van der Waals surface area contributed by atoms with E-state index >= 15 is 0 Å². The Hall–Kier alpha value is -0.580. The van der Waals surface area contributed by atoms with Gasteiger partial charge in [0.25, 0.3) is 0 Å². The number of halogens is 1. The summed E-state index contributed by atoms with van der Waals surface area (Å²) in [6.07, 6.45) is 2.64. The fourth-order valence-electron chi connectivity index (χ4n) is 1.79. The molecule has 2 rings (SSSR count). The molecule has 1 fully saturated rings. The van der Waals surface area contributed by atoms with E-state index in [1.807, 2.05) is 11.9 Å². The fourth-order valence-corrected chi connectivity index (χ4v) is 2.52. The molecule has 0 aromatic heterocycles. The Morgan fingerprint density at radius 2 is 2.24 bits per heavy atom. The fraction of sp³-hybridized carbons (Fsp3) is 0.538. The van der Waals surface area contributed by atoms with Gasteiger partial charge in [-0.15, -0.1) is 0 Å². The molecule has 2 N–H and O–H groups in total. The molecule has 1 aliphatic carbocycles. The van der Waals surface area contributed by atoms with Gasteiger partial charge in [-0.05, 0) is 46.5 Å². The van der Waals surface area contributed by atoms with E-state index in [0.29, 0.717) is 6.54 Å². The molecule has 94 valence electrons. The molecule has 0 heterocycles. The second-order valence-corrected chi connectivity index (χ2v) is 5.44.